The van der Waals surface area contributed by atoms with Gasteiger partial charge in [-0.3, -0.25) is 0 Å². The summed E-state index contributed by atoms with van der Waals surface area (Å²) < 4.78 is 0.467. The Hall–Kier alpha value is 0.230. The molecule has 3 nitrogen and oxygen atoms in total. The highest BCUT2D eigenvalue weighted by molar-refractivity contribution is 8.00. The number of hydrogen-bond acceptors (Lipinski definition) is 4. The van der Waals surface area contributed by atoms with Crippen molar-refractivity contribution in [2.75, 3.05) is 39.0 Å². The summed E-state index contributed by atoms with van der Waals surface area (Å²) in [6.45, 7) is 8.86. The zero-order chi connectivity index (χ0) is 12.7. The third-order valence-electron chi connectivity index (χ3n) is 3.89. The predicted octanol–water partition coefficient (Wildman–Crippen LogP) is 1.56. The van der Waals surface area contributed by atoms with Gasteiger partial charge in [-0.2, -0.15) is 11.8 Å². The van der Waals surface area contributed by atoms with Crippen LogP contribution in [0.3, 0.4) is 0 Å². The van der Waals surface area contributed by atoms with Crippen molar-refractivity contribution in [1.29, 1.82) is 0 Å². The number of aliphatic hydroxyl groups is 1. The summed E-state index contributed by atoms with van der Waals surface area (Å²) in [5.74, 6) is 0. The average Bonchev–Trinajstić information content (AvgIpc) is 2.29. The van der Waals surface area contributed by atoms with Gasteiger partial charge in [0.15, 0.2) is 0 Å². The van der Waals surface area contributed by atoms with E-state index in [-0.39, 0.29) is 6.10 Å². The first-order valence-electron chi connectivity index (χ1n) is 6.82. The monoisotopic (exact) mass is 260 g/mol. The molecule has 0 aliphatic heterocycles. The van der Waals surface area contributed by atoms with Crippen molar-refractivity contribution < 1.29 is 5.11 Å². The standard InChI is InChI=1S/C13H28N2OS/c1-4-15(5-2)10-12(16)9-14-11-13(17-3)7-6-8-13/h12,14,16H,4-11H2,1-3H3. The molecular formula is C13H28N2OS. The zero-order valence-corrected chi connectivity index (χ0v) is 12.4. The molecule has 0 aromatic rings. The van der Waals surface area contributed by atoms with Crippen LogP contribution in [0.1, 0.15) is 33.1 Å². The molecule has 17 heavy (non-hydrogen) atoms. The molecule has 1 unspecified atom stereocenters. The number of likely N-dealkylation sites (N-methyl/N-ethyl adjacent to an activating group) is 1. The van der Waals surface area contributed by atoms with Gasteiger partial charge < -0.3 is 15.3 Å². The van der Waals surface area contributed by atoms with E-state index in [0.29, 0.717) is 4.75 Å². The summed E-state index contributed by atoms with van der Waals surface area (Å²) in [6.07, 6.45) is 5.98. The van der Waals surface area contributed by atoms with Crippen LogP contribution in [0.25, 0.3) is 0 Å². The van der Waals surface area contributed by atoms with Crippen LogP contribution in [0.4, 0.5) is 0 Å². The molecule has 0 amide bonds. The number of nitrogens with one attached hydrogen (secondary N) is 1. The molecule has 0 radical (unpaired) electrons. The molecule has 0 aromatic heterocycles. The van der Waals surface area contributed by atoms with E-state index in [0.717, 1.165) is 32.7 Å². The van der Waals surface area contributed by atoms with Crippen LogP contribution < -0.4 is 5.32 Å². The molecule has 2 N–H and O–H groups in total. The van der Waals surface area contributed by atoms with Gasteiger partial charge in [0.2, 0.25) is 0 Å². The molecule has 0 aromatic carbocycles. The van der Waals surface area contributed by atoms with E-state index in [2.05, 4.69) is 30.3 Å². The first kappa shape index (κ1) is 15.3. The number of hydrogen-bond donors (Lipinski definition) is 2. The Morgan fingerprint density at radius 3 is 2.41 bits per heavy atom. The van der Waals surface area contributed by atoms with Crippen LogP contribution in [0, 0.1) is 0 Å². The summed E-state index contributed by atoms with van der Waals surface area (Å²) in [5, 5.41) is 13.4. The first-order valence-corrected chi connectivity index (χ1v) is 8.04. The summed E-state index contributed by atoms with van der Waals surface area (Å²) in [7, 11) is 0. The predicted molar refractivity (Wildman–Crippen MR) is 76.8 cm³/mol. The lowest BCUT2D eigenvalue weighted by Crippen LogP contribution is -2.46. The van der Waals surface area contributed by atoms with Crippen molar-refractivity contribution >= 4 is 11.8 Å². The Morgan fingerprint density at radius 1 is 1.35 bits per heavy atom. The third kappa shape index (κ3) is 4.78. The Labute approximate surface area is 110 Å². The van der Waals surface area contributed by atoms with E-state index in [9.17, 15) is 5.11 Å². The number of thioether (sulfide) groups is 1. The summed E-state index contributed by atoms with van der Waals surface area (Å²) in [6, 6.07) is 0. The molecule has 4 heteroatoms. The molecule has 0 heterocycles. The van der Waals surface area contributed by atoms with Gasteiger partial charge in [0.25, 0.3) is 0 Å². The lowest BCUT2D eigenvalue weighted by molar-refractivity contribution is 0.115. The highest BCUT2D eigenvalue weighted by atomic mass is 32.2. The van der Waals surface area contributed by atoms with Crippen LogP contribution in [0.5, 0.6) is 0 Å². The SMILES string of the molecule is CCN(CC)CC(O)CNCC1(SC)CCC1. The average molecular weight is 260 g/mol. The van der Waals surface area contributed by atoms with Crippen LogP contribution in [0.2, 0.25) is 0 Å². The van der Waals surface area contributed by atoms with Crippen molar-refractivity contribution in [3.8, 4) is 0 Å². The third-order valence-corrected chi connectivity index (χ3v) is 5.31. The first-order chi connectivity index (χ1) is 8.15. The van der Waals surface area contributed by atoms with E-state index in [1.807, 2.05) is 11.8 Å². The quantitative estimate of drug-likeness (QED) is 0.659. The van der Waals surface area contributed by atoms with E-state index in [4.69, 9.17) is 0 Å². The zero-order valence-electron chi connectivity index (χ0n) is 11.5. The Balaban J connectivity index is 2.13. The fourth-order valence-corrected chi connectivity index (χ4v) is 3.28. The Morgan fingerprint density at radius 2 is 2.00 bits per heavy atom. The summed E-state index contributed by atoms with van der Waals surface area (Å²) in [5.41, 5.74) is 0. The van der Waals surface area contributed by atoms with Crippen molar-refractivity contribution in [1.82, 2.24) is 10.2 Å². The normalized spacial score (nSPS) is 20.3. The van der Waals surface area contributed by atoms with Gasteiger partial charge >= 0.3 is 0 Å². The van der Waals surface area contributed by atoms with E-state index in [1.165, 1.54) is 19.3 Å². The number of rotatable bonds is 9. The van der Waals surface area contributed by atoms with Crippen LogP contribution >= 0.6 is 11.8 Å². The minimum Gasteiger partial charge on any atom is -0.390 e. The van der Waals surface area contributed by atoms with Gasteiger partial charge in [-0.25, -0.2) is 0 Å². The van der Waals surface area contributed by atoms with Gasteiger partial charge in [-0.1, -0.05) is 20.3 Å². The van der Waals surface area contributed by atoms with Gasteiger partial charge in [-0.05, 0) is 32.2 Å². The highest BCUT2D eigenvalue weighted by Crippen LogP contribution is 2.42. The maximum atomic E-state index is 9.93. The lowest BCUT2D eigenvalue weighted by atomic mass is 9.84. The minimum atomic E-state index is -0.242. The molecule has 0 saturated heterocycles. The molecule has 1 atom stereocenters. The maximum Gasteiger partial charge on any atom is 0.0791 e. The van der Waals surface area contributed by atoms with Gasteiger partial charge in [-0.15, -0.1) is 0 Å². The van der Waals surface area contributed by atoms with Gasteiger partial charge in [0.1, 0.15) is 0 Å². The fourth-order valence-electron chi connectivity index (χ4n) is 2.34. The summed E-state index contributed by atoms with van der Waals surface area (Å²) in [4.78, 5) is 2.26. The lowest BCUT2D eigenvalue weighted by Gasteiger charge is -2.40. The van der Waals surface area contributed by atoms with Crippen molar-refractivity contribution in [2.45, 2.75) is 44.0 Å². The number of aliphatic hydroxyl groups excluding tert-OH is 1. The van der Waals surface area contributed by atoms with Crippen LogP contribution in [-0.4, -0.2) is 59.8 Å². The Kier molecular flexibility index (Phi) is 6.85. The van der Waals surface area contributed by atoms with E-state index < -0.39 is 0 Å². The second-order valence-electron chi connectivity index (χ2n) is 5.01. The number of nitrogens with zero attached hydrogens (tertiary/aromatic N) is 1. The topological polar surface area (TPSA) is 35.5 Å². The molecule has 0 bridgehead atoms. The second-order valence-corrected chi connectivity index (χ2v) is 6.29. The second kappa shape index (κ2) is 7.62. The van der Waals surface area contributed by atoms with Crippen molar-refractivity contribution in [2.24, 2.45) is 0 Å². The molecule has 1 aliphatic carbocycles. The van der Waals surface area contributed by atoms with Crippen molar-refractivity contribution in [3.63, 3.8) is 0 Å². The van der Waals surface area contributed by atoms with E-state index in [1.54, 1.807) is 0 Å². The molecule has 102 valence electrons. The molecular weight excluding hydrogens is 232 g/mol. The maximum absolute atomic E-state index is 9.93. The smallest absolute Gasteiger partial charge is 0.0791 e. The van der Waals surface area contributed by atoms with Crippen LogP contribution in [0.15, 0.2) is 0 Å². The van der Waals surface area contributed by atoms with E-state index >= 15 is 0 Å². The van der Waals surface area contributed by atoms with Crippen LogP contribution in [-0.2, 0) is 0 Å². The summed E-state index contributed by atoms with van der Waals surface area (Å²) >= 11 is 1.98. The minimum absolute atomic E-state index is 0.242. The molecule has 1 rings (SSSR count). The van der Waals surface area contributed by atoms with Gasteiger partial charge in [0.05, 0.1) is 6.10 Å². The molecule has 1 fully saturated rings. The van der Waals surface area contributed by atoms with Gasteiger partial charge in [0, 0.05) is 24.4 Å². The molecule has 1 aliphatic rings. The van der Waals surface area contributed by atoms with Crippen molar-refractivity contribution in [3.05, 3.63) is 0 Å². The Bertz CT molecular complexity index is 200. The molecule has 1 saturated carbocycles. The fraction of sp³-hybridized carbons (Fsp3) is 1.00. The highest BCUT2D eigenvalue weighted by Gasteiger charge is 2.35. The molecule has 0 spiro atoms. The largest absolute Gasteiger partial charge is 0.390 e.